The molecule has 0 saturated carbocycles. The van der Waals surface area contributed by atoms with E-state index in [4.69, 9.17) is 27.9 Å². The Kier molecular flexibility index (Phi) is 5.48. The van der Waals surface area contributed by atoms with Crippen LogP contribution in [0.2, 0.25) is 10.0 Å². The van der Waals surface area contributed by atoms with Crippen LogP contribution < -0.4 is 10.1 Å². The first-order valence-electron chi connectivity index (χ1n) is 6.49. The van der Waals surface area contributed by atoms with E-state index in [-0.39, 0.29) is 5.91 Å². The summed E-state index contributed by atoms with van der Waals surface area (Å²) in [5.74, 6) is 0.230. The maximum atomic E-state index is 12.0. The van der Waals surface area contributed by atoms with Gasteiger partial charge >= 0.3 is 0 Å². The van der Waals surface area contributed by atoms with Crippen LogP contribution in [-0.2, 0) is 11.3 Å². The minimum absolute atomic E-state index is 0.204. The summed E-state index contributed by atoms with van der Waals surface area (Å²) < 4.78 is 5.55. The van der Waals surface area contributed by atoms with E-state index in [2.05, 4.69) is 5.32 Å². The minimum atomic E-state index is -0.646. The Morgan fingerprint density at radius 2 is 1.90 bits per heavy atom. The van der Waals surface area contributed by atoms with Crippen LogP contribution in [0, 0.1) is 0 Å². The van der Waals surface area contributed by atoms with Gasteiger partial charge in [-0.1, -0.05) is 53.5 Å². The molecule has 0 heterocycles. The molecule has 0 spiro atoms. The molecule has 0 bridgehead atoms. The second kappa shape index (κ2) is 7.34. The van der Waals surface area contributed by atoms with Crippen molar-refractivity contribution < 1.29 is 9.53 Å². The van der Waals surface area contributed by atoms with Crippen molar-refractivity contribution in [2.45, 2.75) is 19.6 Å². The third-order valence-corrected chi connectivity index (χ3v) is 3.41. The van der Waals surface area contributed by atoms with Gasteiger partial charge in [0.25, 0.3) is 5.91 Å². The van der Waals surface area contributed by atoms with Gasteiger partial charge in [0.2, 0.25) is 0 Å². The second-order valence-electron chi connectivity index (χ2n) is 4.54. The molecule has 0 radical (unpaired) electrons. The molecule has 0 fully saturated rings. The molecule has 0 saturated heterocycles. The normalized spacial score (nSPS) is 11.8. The van der Waals surface area contributed by atoms with Gasteiger partial charge in [-0.2, -0.15) is 0 Å². The quantitative estimate of drug-likeness (QED) is 0.900. The van der Waals surface area contributed by atoms with Gasteiger partial charge in [0.05, 0.1) is 5.02 Å². The standard InChI is InChI=1S/C16H15Cl2NO2/c1-11(21-15-8-7-13(17)9-14(15)18)16(20)19-10-12-5-3-2-4-6-12/h2-9,11H,10H2,1H3,(H,19,20)/t11-/m1/s1. The highest BCUT2D eigenvalue weighted by atomic mass is 35.5. The molecule has 0 aliphatic rings. The van der Waals surface area contributed by atoms with E-state index in [1.165, 1.54) is 0 Å². The van der Waals surface area contributed by atoms with Crippen molar-refractivity contribution >= 4 is 29.1 Å². The van der Waals surface area contributed by atoms with Gasteiger partial charge in [-0.3, -0.25) is 4.79 Å². The van der Waals surface area contributed by atoms with Gasteiger partial charge in [0.1, 0.15) is 5.75 Å². The van der Waals surface area contributed by atoms with Crippen LogP contribution in [0.4, 0.5) is 0 Å². The van der Waals surface area contributed by atoms with Crippen LogP contribution in [0.3, 0.4) is 0 Å². The van der Waals surface area contributed by atoms with E-state index in [1.54, 1.807) is 25.1 Å². The lowest BCUT2D eigenvalue weighted by Gasteiger charge is -2.15. The zero-order valence-electron chi connectivity index (χ0n) is 11.5. The molecular formula is C16H15Cl2NO2. The summed E-state index contributed by atoms with van der Waals surface area (Å²) in [7, 11) is 0. The van der Waals surface area contributed by atoms with Crippen molar-refractivity contribution in [1.29, 1.82) is 0 Å². The van der Waals surface area contributed by atoms with Crippen LogP contribution in [0.1, 0.15) is 12.5 Å². The fourth-order valence-corrected chi connectivity index (χ4v) is 2.20. The molecule has 5 heteroatoms. The Morgan fingerprint density at radius 1 is 1.19 bits per heavy atom. The molecule has 0 aromatic heterocycles. The summed E-state index contributed by atoms with van der Waals surface area (Å²) in [5.41, 5.74) is 1.03. The van der Waals surface area contributed by atoms with Gasteiger partial charge in [-0.15, -0.1) is 0 Å². The lowest BCUT2D eigenvalue weighted by atomic mass is 10.2. The first-order chi connectivity index (χ1) is 10.1. The highest BCUT2D eigenvalue weighted by Crippen LogP contribution is 2.28. The average Bonchev–Trinajstić information content (AvgIpc) is 2.48. The van der Waals surface area contributed by atoms with E-state index in [1.807, 2.05) is 30.3 Å². The Labute approximate surface area is 133 Å². The van der Waals surface area contributed by atoms with Crippen LogP contribution in [0.25, 0.3) is 0 Å². The summed E-state index contributed by atoms with van der Waals surface area (Å²) in [5, 5.41) is 3.72. The molecule has 21 heavy (non-hydrogen) atoms. The lowest BCUT2D eigenvalue weighted by Crippen LogP contribution is -2.35. The molecule has 1 amide bonds. The zero-order valence-corrected chi connectivity index (χ0v) is 13.0. The predicted molar refractivity (Wildman–Crippen MR) is 84.8 cm³/mol. The van der Waals surface area contributed by atoms with Gasteiger partial charge < -0.3 is 10.1 Å². The number of hydrogen-bond donors (Lipinski definition) is 1. The Balaban J connectivity index is 1.90. The number of carbonyl (C=O) groups excluding carboxylic acids is 1. The summed E-state index contributed by atoms with van der Waals surface area (Å²) in [6, 6.07) is 14.6. The van der Waals surface area contributed by atoms with Crippen molar-refractivity contribution in [1.82, 2.24) is 5.32 Å². The van der Waals surface area contributed by atoms with Crippen molar-refractivity contribution in [3.05, 3.63) is 64.1 Å². The van der Waals surface area contributed by atoms with Crippen LogP contribution in [0.15, 0.2) is 48.5 Å². The number of rotatable bonds is 5. The SMILES string of the molecule is C[C@@H](Oc1ccc(Cl)cc1Cl)C(=O)NCc1ccccc1. The summed E-state index contributed by atoms with van der Waals surface area (Å²) in [4.78, 5) is 12.0. The molecule has 2 aromatic rings. The Bertz CT molecular complexity index is 617. The average molecular weight is 324 g/mol. The molecule has 2 aromatic carbocycles. The fraction of sp³-hybridized carbons (Fsp3) is 0.188. The predicted octanol–water partition coefficient (Wildman–Crippen LogP) is 4.08. The number of ether oxygens (including phenoxy) is 1. The number of halogens is 2. The molecular weight excluding hydrogens is 309 g/mol. The number of carbonyl (C=O) groups is 1. The van der Waals surface area contributed by atoms with Crippen LogP contribution in [0.5, 0.6) is 5.75 Å². The van der Waals surface area contributed by atoms with Crippen molar-refractivity contribution in [3.63, 3.8) is 0 Å². The van der Waals surface area contributed by atoms with Crippen molar-refractivity contribution in [2.75, 3.05) is 0 Å². The third-order valence-electron chi connectivity index (χ3n) is 2.88. The fourth-order valence-electron chi connectivity index (χ4n) is 1.74. The molecule has 0 unspecified atom stereocenters. The number of hydrogen-bond acceptors (Lipinski definition) is 2. The Hall–Kier alpha value is -1.71. The third kappa shape index (κ3) is 4.66. The van der Waals surface area contributed by atoms with E-state index >= 15 is 0 Å². The van der Waals surface area contributed by atoms with Crippen molar-refractivity contribution in [3.8, 4) is 5.75 Å². The molecule has 3 nitrogen and oxygen atoms in total. The number of amides is 1. The highest BCUT2D eigenvalue weighted by Gasteiger charge is 2.15. The van der Waals surface area contributed by atoms with Gasteiger partial charge in [-0.25, -0.2) is 0 Å². The van der Waals surface area contributed by atoms with E-state index in [0.717, 1.165) is 5.56 Å². The first-order valence-corrected chi connectivity index (χ1v) is 7.25. The van der Waals surface area contributed by atoms with E-state index in [9.17, 15) is 4.79 Å². The van der Waals surface area contributed by atoms with E-state index < -0.39 is 6.10 Å². The van der Waals surface area contributed by atoms with Crippen molar-refractivity contribution in [2.24, 2.45) is 0 Å². The van der Waals surface area contributed by atoms with Gasteiger partial charge in [0, 0.05) is 11.6 Å². The maximum absolute atomic E-state index is 12.0. The zero-order chi connectivity index (χ0) is 15.2. The molecule has 1 N–H and O–H groups in total. The Morgan fingerprint density at radius 3 is 2.57 bits per heavy atom. The number of nitrogens with one attached hydrogen (secondary N) is 1. The smallest absolute Gasteiger partial charge is 0.261 e. The lowest BCUT2D eigenvalue weighted by molar-refractivity contribution is -0.127. The maximum Gasteiger partial charge on any atom is 0.261 e. The number of benzene rings is 2. The van der Waals surface area contributed by atoms with Crippen LogP contribution in [-0.4, -0.2) is 12.0 Å². The minimum Gasteiger partial charge on any atom is -0.479 e. The summed E-state index contributed by atoms with van der Waals surface area (Å²) in [6.45, 7) is 2.13. The topological polar surface area (TPSA) is 38.3 Å². The highest BCUT2D eigenvalue weighted by molar-refractivity contribution is 6.35. The van der Waals surface area contributed by atoms with E-state index in [0.29, 0.717) is 22.3 Å². The molecule has 1 atom stereocenters. The van der Waals surface area contributed by atoms with Gasteiger partial charge in [0.15, 0.2) is 6.10 Å². The molecule has 110 valence electrons. The summed E-state index contributed by atoms with van der Waals surface area (Å²) in [6.07, 6.45) is -0.646. The summed E-state index contributed by atoms with van der Waals surface area (Å²) >= 11 is 11.8. The largest absolute Gasteiger partial charge is 0.479 e. The first kappa shape index (κ1) is 15.7. The van der Waals surface area contributed by atoms with Gasteiger partial charge in [-0.05, 0) is 30.7 Å². The monoisotopic (exact) mass is 323 g/mol. The molecule has 2 rings (SSSR count). The van der Waals surface area contributed by atoms with Crippen LogP contribution >= 0.6 is 23.2 Å². The second-order valence-corrected chi connectivity index (χ2v) is 5.38. The molecule has 0 aliphatic carbocycles. The molecule has 0 aliphatic heterocycles.